The Balaban J connectivity index is 1.81. The van der Waals surface area contributed by atoms with E-state index in [1.807, 2.05) is 23.5 Å². The zero-order chi connectivity index (χ0) is 14.0. The molecule has 0 bridgehead atoms. The number of nitrogens with one attached hydrogen (secondary N) is 1. The molecule has 0 aliphatic carbocycles. The fourth-order valence-corrected chi connectivity index (χ4v) is 5.76. The average Bonchev–Trinajstić information content (AvgIpc) is 2.98. The van der Waals surface area contributed by atoms with Crippen LogP contribution in [0.4, 0.5) is 0 Å². The minimum atomic E-state index is 0.0548. The van der Waals surface area contributed by atoms with Crippen molar-refractivity contribution < 1.29 is 4.52 Å². The summed E-state index contributed by atoms with van der Waals surface area (Å²) in [5.74, 6) is 4.17. The van der Waals surface area contributed by atoms with Gasteiger partial charge in [-0.15, -0.1) is 11.8 Å². The molecule has 2 fully saturated rings. The summed E-state index contributed by atoms with van der Waals surface area (Å²) in [6.07, 6.45) is 3.40. The van der Waals surface area contributed by atoms with Crippen molar-refractivity contribution in [1.29, 1.82) is 0 Å². The maximum atomic E-state index is 5.68. The Labute approximate surface area is 129 Å². The van der Waals surface area contributed by atoms with Gasteiger partial charge >= 0.3 is 0 Å². The largest absolute Gasteiger partial charge is 0.339 e. The first kappa shape index (κ1) is 14.7. The van der Waals surface area contributed by atoms with Crippen LogP contribution in [0.2, 0.25) is 0 Å². The number of thioether (sulfide) groups is 2. The molecule has 0 amide bonds. The summed E-state index contributed by atoms with van der Waals surface area (Å²) in [7, 11) is 0. The molecule has 20 heavy (non-hydrogen) atoms. The SMILES string of the molecule is CCC1(c2nc(C3SCCSC3C)no2)CCCNC1. The van der Waals surface area contributed by atoms with Gasteiger partial charge in [-0.3, -0.25) is 0 Å². The Kier molecular flexibility index (Phi) is 4.62. The van der Waals surface area contributed by atoms with Crippen LogP contribution in [0.15, 0.2) is 4.52 Å². The Morgan fingerprint density at radius 1 is 1.40 bits per heavy atom. The molecule has 2 aliphatic rings. The van der Waals surface area contributed by atoms with Crippen molar-refractivity contribution in [1.82, 2.24) is 15.5 Å². The second kappa shape index (κ2) is 6.28. The van der Waals surface area contributed by atoms with Crippen molar-refractivity contribution in [3.8, 4) is 0 Å². The van der Waals surface area contributed by atoms with Crippen molar-refractivity contribution >= 4 is 23.5 Å². The Hall–Kier alpha value is -0.200. The summed E-state index contributed by atoms with van der Waals surface area (Å²) >= 11 is 3.99. The Morgan fingerprint density at radius 2 is 2.25 bits per heavy atom. The van der Waals surface area contributed by atoms with Gasteiger partial charge in [0.1, 0.15) is 0 Å². The number of rotatable bonds is 3. The van der Waals surface area contributed by atoms with Gasteiger partial charge < -0.3 is 9.84 Å². The number of aromatic nitrogens is 2. The van der Waals surface area contributed by atoms with Gasteiger partial charge in [-0.2, -0.15) is 16.7 Å². The second-order valence-electron chi connectivity index (χ2n) is 5.74. The maximum Gasteiger partial charge on any atom is 0.234 e. The molecule has 112 valence electrons. The van der Waals surface area contributed by atoms with Gasteiger partial charge in [-0.25, -0.2) is 0 Å². The predicted octanol–water partition coefficient (Wildman–Crippen LogP) is 3.01. The quantitative estimate of drug-likeness (QED) is 0.926. The third-order valence-corrected chi connectivity index (χ3v) is 7.57. The zero-order valence-electron chi connectivity index (χ0n) is 12.2. The number of piperidine rings is 1. The second-order valence-corrected chi connectivity index (χ2v) is 8.47. The van der Waals surface area contributed by atoms with Crippen LogP contribution in [0.5, 0.6) is 0 Å². The van der Waals surface area contributed by atoms with Crippen LogP contribution in [0, 0.1) is 0 Å². The summed E-state index contributed by atoms with van der Waals surface area (Å²) in [5, 5.41) is 8.75. The molecular formula is C14H23N3OS2. The minimum absolute atomic E-state index is 0.0548. The van der Waals surface area contributed by atoms with Crippen LogP contribution < -0.4 is 5.32 Å². The maximum absolute atomic E-state index is 5.68. The van der Waals surface area contributed by atoms with Crippen LogP contribution in [0.1, 0.15) is 50.1 Å². The molecule has 1 aromatic heterocycles. The molecule has 1 aromatic rings. The topological polar surface area (TPSA) is 51.0 Å². The fourth-order valence-electron chi connectivity index (χ4n) is 3.09. The van der Waals surface area contributed by atoms with Crippen LogP contribution in [0.25, 0.3) is 0 Å². The van der Waals surface area contributed by atoms with Crippen molar-refractivity contribution in [3.63, 3.8) is 0 Å². The lowest BCUT2D eigenvalue weighted by Crippen LogP contribution is -2.43. The van der Waals surface area contributed by atoms with E-state index in [1.165, 1.54) is 17.9 Å². The highest BCUT2D eigenvalue weighted by Crippen LogP contribution is 2.42. The fraction of sp³-hybridized carbons (Fsp3) is 0.857. The molecule has 3 unspecified atom stereocenters. The van der Waals surface area contributed by atoms with Gasteiger partial charge in [0.25, 0.3) is 0 Å². The normalized spacial score (nSPS) is 35.1. The molecule has 4 nitrogen and oxygen atoms in total. The smallest absolute Gasteiger partial charge is 0.234 e. The molecule has 3 heterocycles. The lowest BCUT2D eigenvalue weighted by Gasteiger charge is -2.33. The molecule has 0 saturated carbocycles. The van der Waals surface area contributed by atoms with E-state index in [0.29, 0.717) is 10.5 Å². The van der Waals surface area contributed by atoms with Gasteiger partial charge in [0, 0.05) is 23.3 Å². The Morgan fingerprint density at radius 3 is 2.95 bits per heavy atom. The summed E-state index contributed by atoms with van der Waals surface area (Å²) in [6.45, 7) is 6.57. The number of nitrogens with zero attached hydrogens (tertiary/aromatic N) is 2. The molecule has 6 heteroatoms. The minimum Gasteiger partial charge on any atom is -0.339 e. The molecule has 1 N–H and O–H groups in total. The molecular weight excluding hydrogens is 290 g/mol. The van der Waals surface area contributed by atoms with Gasteiger partial charge in [0.15, 0.2) is 5.82 Å². The standard InChI is InChI=1S/C14H23N3OS2/c1-3-14(5-4-6-15-9-14)13-16-12(17-18-13)11-10(2)19-7-8-20-11/h10-11,15H,3-9H2,1-2H3. The van der Waals surface area contributed by atoms with Crippen molar-refractivity contribution in [3.05, 3.63) is 11.7 Å². The van der Waals surface area contributed by atoms with Crippen LogP contribution in [0.3, 0.4) is 0 Å². The monoisotopic (exact) mass is 313 g/mol. The molecule has 3 rings (SSSR count). The summed E-state index contributed by atoms with van der Waals surface area (Å²) in [4.78, 5) is 4.80. The summed E-state index contributed by atoms with van der Waals surface area (Å²) in [5.41, 5.74) is 0.0548. The van der Waals surface area contributed by atoms with Crippen molar-refractivity contribution in [2.75, 3.05) is 24.6 Å². The van der Waals surface area contributed by atoms with Gasteiger partial charge in [0.2, 0.25) is 5.89 Å². The molecule has 2 saturated heterocycles. The highest BCUT2D eigenvalue weighted by atomic mass is 32.2. The molecule has 2 aliphatic heterocycles. The van der Waals surface area contributed by atoms with E-state index in [2.05, 4.69) is 24.3 Å². The van der Waals surface area contributed by atoms with Gasteiger partial charge in [-0.1, -0.05) is 19.0 Å². The van der Waals surface area contributed by atoms with Crippen LogP contribution in [-0.4, -0.2) is 40.0 Å². The first-order chi connectivity index (χ1) is 9.75. The van der Waals surface area contributed by atoms with E-state index in [0.717, 1.165) is 37.6 Å². The third-order valence-electron chi connectivity index (χ3n) is 4.49. The Bertz CT molecular complexity index is 445. The van der Waals surface area contributed by atoms with Crippen molar-refractivity contribution in [2.24, 2.45) is 0 Å². The number of hydrogen-bond donors (Lipinski definition) is 1. The third kappa shape index (κ3) is 2.74. The lowest BCUT2D eigenvalue weighted by molar-refractivity contribution is 0.220. The van der Waals surface area contributed by atoms with E-state index in [9.17, 15) is 0 Å². The molecule has 3 atom stereocenters. The van der Waals surface area contributed by atoms with Crippen molar-refractivity contribution in [2.45, 2.75) is 49.0 Å². The van der Waals surface area contributed by atoms with E-state index in [-0.39, 0.29) is 5.41 Å². The molecule has 0 radical (unpaired) electrons. The first-order valence-corrected chi connectivity index (χ1v) is 9.63. The highest BCUT2D eigenvalue weighted by Gasteiger charge is 2.39. The van der Waals surface area contributed by atoms with E-state index in [1.54, 1.807) is 0 Å². The summed E-state index contributed by atoms with van der Waals surface area (Å²) < 4.78 is 5.68. The number of hydrogen-bond acceptors (Lipinski definition) is 6. The van der Waals surface area contributed by atoms with Gasteiger partial charge in [0.05, 0.1) is 10.7 Å². The molecule has 0 spiro atoms. The predicted molar refractivity (Wildman–Crippen MR) is 85.5 cm³/mol. The molecule has 0 aromatic carbocycles. The summed E-state index contributed by atoms with van der Waals surface area (Å²) in [6, 6.07) is 0. The average molecular weight is 313 g/mol. The highest BCUT2D eigenvalue weighted by molar-refractivity contribution is 8.06. The lowest BCUT2D eigenvalue weighted by atomic mass is 9.78. The van der Waals surface area contributed by atoms with E-state index < -0.39 is 0 Å². The van der Waals surface area contributed by atoms with E-state index in [4.69, 9.17) is 9.51 Å². The zero-order valence-corrected chi connectivity index (χ0v) is 13.9. The van der Waals surface area contributed by atoms with Gasteiger partial charge in [-0.05, 0) is 25.8 Å². The first-order valence-electron chi connectivity index (χ1n) is 7.53. The van der Waals surface area contributed by atoms with Crippen LogP contribution in [-0.2, 0) is 5.41 Å². The van der Waals surface area contributed by atoms with E-state index >= 15 is 0 Å². The van der Waals surface area contributed by atoms with Crippen LogP contribution >= 0.6 is 23.5 Å².